The van der Waals surface area contributed by atoms with Crippen molar-refractivity contribution < 1.29 is 26.3 Å². The van der Waals surface area contributed by atoms with Crippen molar-refractivity contribution in [3.63, 3.8) is 0 Å². The first-order valence-corrected chi connectivity index (χ1v) is 5.65. The zero-order valence-corrected chi connectivity index (χ0v) is 10.6. The molecule has 0 atom stereocenters. The standard InChI is InChI=1S/C11H7F6N5/c12-10(13,14)6-4-19-8(22-7(6)1-18)5-2-20-9(21-3-5)11(15,16)17/h2-4H,1,18H2. The third-order valence-corrected chi connectivity index (χ3v) is 2.53. The van der Waals surface area contributed by atoms with E-state index in [9.17, 15) is 26.3 Å². The van der Waals surface area contributed by atoms with Gasteiger partial charge < -0.3 is 5.73 Å². The summed E-state index contributed by atoms with van der Waals surface area (Å²) in [5.41, 5.74) is 3.57. The number of nitrogens with two attached hydrogens (primary N) is 1. The zero-order chi connectivity index (χ0) is 16.5. The Balaban J connectivity index is 2.42. The van der Waals surface area contributed by atoms with Gasteiger partial charge in [0.25, 0.3) is 0 Å². The Hall–Kier alpha value is -2.30. The van der Waals surface area contributed by atoms with Crippen molar-refractivity contribution in [3.8, 4) is 11.4 Å². The van der Waals surface area contributed by atoms with Crippen LogP contribution in [0.15, 0.2) is 18.6 Å². The van der Waals surface area contributed by atoms with Crippen LogP contribution in [-0.2, 0) is 18.9 Å². The molecule has 0 aromatic carbocycles. The number of aromatic nitrogens is 4. The fourth-order valence-electron chi connectivity index (χ4n) is 1.54. The van der Waals surface area contributed by atoms with Crippen molar-refractivity contribution in [3.05, 3.63) is 35.7 Å². The minimum absolute atomic E-state index is 0.0589. The molecule has 0 spiro atoms. The number of hydrogen-bond donors (Lipinski definition) is 1. The van der Waals surface area contributed by atoms with Crippen LogP contribution in [0.2, 0.25) is 0 Å². The molecule has 0 bridgehead atoms. The van der Waals surface area contributed by atoms with Gasteiger partial charge in [-0.1, -0.05) is 0 Å². The van der Waals surface area contributed by atoms with Gasteiger partial charge in [0.2, 0.25) is 5.82 Å². The molecule has 0 fully saturated rings. The first-order valence-electron chi connectivity index (χ1n) is 5.65. The van der Waals surface area contributed by atoms with Crippen LogP contribution in [0.1, 0.15) is 17.1 Å². The van der Waals surface area contributed by atoms with E-state index in [0.717, 1.165) is 12.4 Å². The Labute approximate surface area is 119 Å². The molecular formula is C11H7F6N5. The Bertz CT molecular complexity index is 664. The lowest BCUT2D eigenvalue weighted by molar-refractivity contribution is -0.145. The van der Waals surface area contributed by atoms with E-state index in [1.165, 1.54) is 0 Å². The molecule has 0 radical (unpaired) electrons. The molecule has 0 aliphatic heterocycles. The van der Waals surface area contributed by atoms with Gasteiger partial charge in [-0.15, -0.1) is 0 Å². The Morgan fingerprint density at radius 3 is 1.91 bits per heavy atom. The number of alkyl halides is 6. The maximum Gasteiger partial charge on any atom is 0.451 e. The Kier molecular flexibility index (Phi) is 4.00. The molecule has 2 heterocycles. The predicted octanol–water partition coefficient (Wildman–Crippen LogP) is 2.43. The van der Waals surface area contributed by atoms with Crippen LogP contribution in [0.4, 0.5) is 26.3 Å². The number of hydrogen-bond acceptors (Lipinski definition) is 5. The van der Waals surface area contributed by atoms with Crippen molar-refractivity contribution in [2.24, 2.45) is 5.73 Å². The molecule has 2 rings (SSSR count). The van der Waals surface area contributed by atoms with Crippen molar-refractivity contribution in [1.82, 2.24) is 19.9 Å². The normalized spacial score (nSPS) is 12.5. The molecule has 0 unspecified atom stereocenters. The second-order valence-electron chi connectivity index (χ2n) is 4.05. The number of nitrogens with zero attached hydrogens (tertiary/aromatic N) is 4. The van der Waals surface area contributed by atoms with Gasteiger partial charge in [0.1, 0.15) is 0 Å². The van der Waals surface area contributed by atoms with E-state index < -0.39 is 36.0 Å². The third kappa shape index (κ3) is 3.30. The molecule has 2 N–H and O–H groups in total. The SMILES string of the molecule is NCc1nc(-c2cnc(C(F)(F)F)nc2)ncc1C(F)(F)F. The molecule has 11 heteroatoms. The van der Waals surface area contributed by atoms with Crippen LogP contribution in [0.25, 0.3) is 11.4 Å². The zero-order valence-electron chi connectivity index (χ0n) is 10.6. The molecule has 0 aliphatic carbocycles. The summed E-state index contributed by atoms with van der Waals surface area (Å²) in [4.78, 5) is 13.2. The van der Waals surface area contributed by atoms with E-state index in [1.807, 2.05) is 0 Å². The van der Waals surface area contributed by atoms with Gasteiger partial charge in [0.05, 0.1) is 16.8 Å². The van der Waals surface area contributed by atoms with Crippen molar-refractivity contribution in [2.45, 2.75) is 18.9 Å². The van der Waals surface area contributed by atoms with Gasteiger partial charge in [0, 0.05) is 25.1 Å². The molecule has 2 aromatic heterocycles. The minimum Gasteiger partial charge on any atom is -0.325 e. The molecule has 5 nitrogen and oxygen atoms in total. The molecule has 2 aromatic rings. The molecule has 0 amide bonds. The van der Waals surface area contributed by atoms with Crippen molar-refractivity contribution >= 4 is 0 Å². The van der Waals surface area contributed by atoms with Crippen molar-refractivity contribution in [1.29, 1.82) is 0 Å². The van der Waals surface area contributed by atoms with Crippen LogP contribution in [0.5, 0.6) is 0 Å². The summed E-state index contributed by atoms with van der Waals surface area (Å²) in [6.45, 7) is -0.508. The lowest BCUT2D eigenvalue weighted by atomic mass is 10.2. The monoisotopic (exact) mass is 323 g/mol. The molecule has 0 saturated heterocycles. The fourth-order valence-corrected chi connectivity index (χ4v) is 1.54. The van der Waals surface area contributed by atoms with E-state index in [1.54, 1.807) is 0 Å². The topological polar surface area (TPSA) is 77.6 Å². The average molecular weight is 323 g/mol. The third-order valence-electron chi connectivity index (χ3n) is 2.53. The van der Waals surface area contributed by atoms with Gasteiger partial charge in [-0.2, -0.15) is 26.3 Å². The summed E-state index contributed by atoms with van der Waals surface area (Å²) in [5.74, 6) is -1.62. The van der Waals surface area contributed by atoms with Gasteiger partial charge >= 0.3 is 12.4 Å². The van der Waals surface area contributed by atoms with Crippen LogP contribution >= 0.6 is 0 Å². The van der Waals surface area contributed by atoms with Crippen LogP contribution < -0.4 is 5.73 Å². The van der Waals surface area contributed by atoms with Crippen LogP contribution in [-0.4, -0.2) is 19.9 Å². The second-order valence-corrected chi connectivity index (χ2v) is 4.05. The quantitative estimate of drug-likeness (QED) is 0.859. The van der Waals surface area contributed by atoms with Gasteiger partial charge in [0.15, 0.2) is 5.82 Å². The first-order chi connectivity index (χ1) is 10.1. The Morgan fingerprint density at radius 2 is 1.45 bits per heavy atom. The summed E-state index contributed by atoms with van der Waals surface area (Å²) >= 11 is 0. The highest BCUT2D eigenvalue weighted by atomic mass is 19.4. The van der Waals surface area contributed by atoms with E-state index >= 15 is 0 Å². The van der Waals surface area contributed by atoms with E-state index in [4.69, 9.17) is 5.73 Å². The summed E-state index contributed by atoms with van der Waals surface area (Å²) in [6, 6.07) is 0. The summed E-state index contributed by atoms with van der Waals surface area (Å²) < 4.78 is 75.0. The fraction of sp³-hybridized carbons (Fsp3) is 0.273. The number of rotatable bonds is 2. The Morgan fingerprint density at radius 1 is 0.864 bits per heavy atom. The summed E-state index contributed by atoms with van der Waals surface area (Å²) in [7, 11) is 0. The van der Waals surface area contributed by atoms with Gasteiger partial charge in [-0.25, -0.2) is 19.9 Å². The van der Waals surface area contributed by atoms with Gasteiger partial charge in [-0.05, 0) is 0 Å². The molecule has 0 aliphatic rings. The molecule has 118 valence electrons. The average Bonchev–Trinajstić information content (AvgIpc) is 2.45. The lowest BCUT2D eigenvalue weighted by Gasteiger charge is -2.11. The number of halogens is 6. The highest BCUT2D eigenvalue weighted by Gasteiger charge is 2.35. The van der Waals surface area contributed by atoms with Crippen molar-refractivity contribution in [2.75, 3.05) is 0 Å². The van der Waals surface area contributed by atoms with Crippen LogP contribution in [0.3, 0.4) is 0 Å². The maximum absolute atomic E-state index is 12.7. The highest BCUT2D eigenvalue weighted by molar-refractivity contribution is 5.52. The molecular weight excluding hydrogens is 316 g/mol. The van der Waals surface area contributed by atoms with E-state index in [0.29, 0.717) is 6.20 Å². The highest BCUT2D eigenvalue weighted by Crippen LogP contribution is 2.31. The first kappa shape index (κ1) is 16.1. The molecule has 0 saturated carbocycles. The second kappa shape index (κ2) is 5.48. The summed E-state index contributed by atoms with van der Waals surface area (Å²) in [6.07, 6.45) is -7.33. The minimum atomic E-state index is -4.72. The molecule has 22 heavy (non-hydrogen) atoms. The van der Waals surface area contributed by atoms with E-state index in [2.05, 4.69) is 19.9 Å². The smallest absolute Gasteiger partial charge is 0.325 e. The maximum atomic E-state index is 12.7. The van der Waals surface area contributed by atoms with E-state index in [-0.39, 0.29) is 11.4 Å². The predicted molar refractivity (Wildman–Crippen MR) is 61.0 cm³/mol. The van der Waals surface area contributed by atoms with Gasteiger partial charge in [-0.3, -0.25) is 0 Å². The lowest BCUT2D eigenvalue weighted by Crippen LogP contribution is -2.15. The largest absolute Gasteiger partial charge is 0.451 e. The van der Waals surface area contributed by atoms with Crippen LogP contribution in [0, 0.1) is 0 Å². The summed E-state index contributed by atoms with van der Waals surface area (Å²) in [5, 5.41) is 0.